The molecule has 0 aliphatic carbocycles. The van der Waals surface area contributed by atoms with E-state index in [1.807, 2.05) is 20.8 Å². The molecule has 0 aliphatic heterocycles. The van der Waals surface area contributed by atoms with Crippen LogP contribution in [0.15, 0.2) is 0 Å². The molecule has 0 rings (SSSR count). The van der Waals surface area contributed by atoms with Crippen LogP contribution in [0.2, 0.25) is 0 Å². The van der Waals surface area contributed by atoms with Gasteiger partial charge >= 0.3 is 0 Å². The summed E-state index contributed by atoms with van der Waals surface area (Å²) in [7, 11) is 0. The van der Waals surface area contributed by atoms with Crippen LogP contribution in [0.1, 0.15) is 47.0 Å². The lowest BCUT2D eigenvalue weighted by atomic mass is 9.93. The zero-order valence-corrected chi connectivity index (χ0v) is 9.59. The van der Waals surface area contributed by atoms with Crippen LogP contribution in [0.25, 0.3) is 0 Å². The number of hydrogen-bond acceptors (Lipinski definition) is 2. The molecule has 0 saturated heterocycles. The van der Waals surface area contributed by atoms with Gasteiger partial charge in [0.25, 0.3) is 0 Å². The molecule has 0 aromatic carbocycles. The van der Waals surface area contributed by atoms with Gasteiger partial charge in [0.15, 0.2) is 5.78 Å². The Bertz CT molecular complexity index is 201. The summed E-state index contributed by atoms with van der Waals surface area (Å²) in [6.45, 7) is 7.45. The van der Waals surface area contributed by atoms with Gasteiger partial charge in [-0.2, -0.15) is 0 Å². The first-order valence-electron chi connectivity index (χ1n) is 5.32. The Hall–Kier alpha value is -0.860. The molecule has 2 atom stereocenters. The maximum atomic E-state index is 11.7. The average molecular weight is 199 g/mol. The summed E-state index contributed by atoms with van der Waals surface area (Å²) in [5.74, 6) is 0.245. The van der Waals surface area contributed by atoms with Crippen molar-refractivity contribution in [2.24, 2.45) is 5.92 Å². The third-order valence-corrected chi connectivity index (χ3v) is 2.42. The van der Waals surface area contributed by atoms with Crippen molar-refractivity contribution >= 4 is 11.7 Å². The van der Waals surface area contributed by atoms with E-state index in [1.54, 1.807) is 0 Å². The van der Waals surface area contributed by atoms with E-state index in [9.17, 15) is 9.59 Å². The average Bonchev–Trinajstić information content (AvgIpc) is 2.13. The van der Waals surface area contributed by atoms with Crippen molar-refractivity contribution in [2.45, 2.75) is 53.0 Å². The summed E-state index contributed by atoms with van der Waals surface area (Å²) < 4.78 is 0. The predicted octanol–water partition coefficient (Wildman–Crippen LogP) is 1.91. The molecule has 0 aromatic heterocycles. The van der Waals surface area contributed by atoms with E-state index in [4.69, 9.17) is 0 Å². The molecular weight excluding hydrogens is 178 g/mol. The number of ketones is 1. The lowest BCUT2D eigenvalue weighted by Crippen LogP contribution is -2.44. The highest BCUT2D eigenvalue weighted by Gasteiger charge is 2.23. The molecule has 0 aliphatic rings. The molecule has 14 heavy (non-hydrogen) atoms. The molecule has 0 radical (unpaired) electrons. The van der Waals surface area contributed by atoms with E-state index in [-0.39, 0.29) is 23.7 Å². The summed E-state index contributed by atoms with van der Waals surface area (Å²) in [5.41, 5.74) is 0. The minimum atomic E-state index is -0.294. The SMILES string of the molecule is CCCC(=O)[C@@H](NC(C)=O)[C@@H](C)CC. The fourth-order valence-electron chi connectivity index (χ4n) is 1.40. The summed E-state index contributed by atoms with van der Waals surface area (Å²) in [6, 6.07) is -0.294. The van der Waals surface area contributed by atoms with E-state index in [0.29, 0.717) is 6.42 Å². The van der Waals surface area contributed by atoms with Crippen molar-refractivity contribution in [3.63, 3.8) is 0 Å². The van der Waals surface area contributed by atoms with Gasteiger partial charge in [-0.25, -0.2) is 0 Å². The van der Waals surface area contributed by atoms with Crippen LogP contribution < -0.4 is 5.32 Å². The second-order valence-corrected chi connectivity index (χ2v) is 3.78. The van der Waals surface area contributed by atoms with Gasteiger partial charge < -0.3 is 5.32 Å². The van der Waals surface area contributed by atoms with Crippen LogP contribution in [0.5, 0.6) is 0 Å². The van der Waals surface area contributed by atoms with Gasteiger partial charge in [0, 0.05) is 13.3 Å². The Kier molecular flexibility index (Phi) is 6.17. The number of nitrogens with one attached hydrogen (secondary N) is 1. The maximum Gasteiger partial charge on any atom is 0.217 e. The smallest absolute Gasteiger partial charge is 0.217 e. The number of rotatable bonds is 6. The van der Waals surface area contributed by atoms with E-state index < -0.39 is 0 Å². The first-order valence-corrected chi connectivity index (χ1v) is 5.32. The molecule has 82 valence electrons. The van der Waals surface area contributed by atoms with Gasteiger partial charge in [-0.15, -0.1) is 0 Å². The summed E-state index contributed by atoms with van der Waals surface area (Å²) >= 11 is 0. The molecule has 3 nitrogen and oxygen atoms in total. The van der Waals surface area contributed by atoms with Crippen molar-refractivity contribution in [2.75, 3.05) is 0 Å². The van der Waals surface area contributed by atoms with Crippen LogP contribution in [0.4, 0.5) is 0 Å². The van der Waals surface area contributed by atoms with Gasteiger partial charge in [0.1, 0.15) is 0 Å². The Morgan fingerprint density at radius 1 is 1.29 bits per heavy atom. The highest BCUT2D eigenvalue weighted by atomic mass is 16.2. The molecule has 1 N–H and O–H groups in total. The largest absolute Gasteiger partial charge is 0.346 e. The zero-order valence-electron chi connectivity index (χ0n) is 9.59. The Morgan fingerprint density at radius 3 is 2.21 bits per heavy atom. The number of carbonyl (C=O) groups is 2. The molecule has 0 heterocycles. The van der Waals surface area contributed by atoms with Crippen molar-refractivity contribution in [3.05, 3.63) is 0 Å². The normalized spacial score (nSPS) is 14.6. The second kappa shape index (κ2) is 6.57. The third kappa shape index (κ3) is 4.40. The molecule has 1 amide bonds. The standard InChI is InChI=1S/C11H21NO2/c1-5-7-10(14)11(8(3)6-2)12-9(4)13/h8,11H,5-7H2,1-4H3,(H,12,13)/t8-,11-/m0/s1. The van der Waals surface area contributed by atoms with Gasteiger partial charge in [-0.3, -0.25) is 9.59 Å². The van der Waals surface area contributed by atoms with Crippen molar-refractivity contribution in [1.82, 2.24) is 5.32 Å². The minimum absolute atomic E-state index is 0.125. The highest BCUT2D eigenvalue weighted by molar-refractivity contribution is 5.88. The Morgan fingerprint density at radius 2 is 1.86 bits per heavy atom. The van der Waals surface area contributed by atoms with E-state index in [2.05, 4.69) is 5.32 Å². The van der Waals surface area contributed by atoms with Gasteiger partial charge in [-0.1, -0.05) is 27.2 Å². The predicted molar refractivity (Wildman–Crippen MR) is 57.0 cm³/mol. The first-order chi connectivity index (χ1) is 6.52. The van der Waals surface area contributed by atoms with E-state index in [0.717, 1.165) is 12.8 Å². The summed E-state index contributed by atoms with van der Waals surface area (Å²) in [6.07, 6.45) is 2.29. The minimum Gasteiger partial charge on any atom is -0.346 e. The fraction of sp³-hybridized carbons (Fsp3) is 0.818. The molecule has 0 unspecified atom stereocenters. The van der Waals surface area contributed by atoms with E-state index in [1.165, 1.54) is 6.92 Å². The highest BCUT2D eigenvalue weighted by Crippen LogP contribution is 2.11. The number of Topliss-reactive ketones (excluding diaryl/α,β-unsaturated/α-hetero) is 1. The van der Waals surface area contributed by atoms with E-state index >= 15 is 0 Å². The second-order valence-electron chi connectivity index (χ2n) is 3.78. The van der Waals surface area contributed by atoms with Gasteiger partial charge in [0.2, 0.25) is 5.91 Å². The third-order valence-electron chi connectivity index (χ3n) is 2.42. The van der Waals surface area contributed by atoms with Gasteiger partial charge in [0.05, 0.1) is 6.04 Å². The van der Waals surface area contributed by atoms with Crippen LogP contribution in [0, 0.1) is 5.92 Å². The lowest BCUT2D eigenvalue weighted by molar-refractivity contribution is -0.128. The number of amides is 1. The molecule has 0 saturated carbocycles. The van der Waals surface area contributed by atoms with Crippen molar-refractivity contribution in [3.8, 4) is 0 Å². The molecule has 0 aromatic rings. The maximum absolute atomic E-state index is 11.7. The molecule has 3 heteroatoms. The first kappa shape index (κ1) is 13.1. The summed E-state index contributed by atoms with van der Waals surface area (Å²) in [4.78, 5) is 22.6. The molecule has 0 fully saturated rings. The van der Waals surface area contributed by atoms with Crippen molar-refractivity contribution < 1.29 is 9.59 Å². The molecular formula is C11H21NO2. The van der Waals surface area contributed by atoms with Gasteiger partial charge in [-0.05, 0) is 12.3 Å². The number of carbonyl (C=O) groups excluding carboxylic acids is 2. The quantitative estimate of drug-likeness (QED) is 0.710. The summed E-state index contributed by atoms with van der Waals surface area (Å²) in [5, 5.41) is 2.73. The lowest BCUT2D eigenvalue weighted by Gasteiger charge is -2.22. The molecule has 0 bridgehead atoms. The van der Waals surface area contributed by atoms with Crippen LogP contribution in [-0.2, 0) is 9.59 Å². The van der Waals surface area contributed by atoms with Crippen LogP contribution in [-0.4, -0.2) is 17.7 Å². The monoisotopic (exact) mass is 199 g/mol. The molecule has 0 spiro atoms. The zero-order chi connectivity index (χ0) is 11.1. The van der Waals surface area contributed by atoms with Crippen molar-refractivity contribution in [1.29, 1.82) is 0 Å². The fourth-order valence-corrected chi connectivity index (χ4v) is 1.40. The number of hydrogen-bond donors (Lipinski definition) is 1. The topological polar surface area (TPSA) is 46.2 Å². The van der Waals surface area contributed by atoms with Crippen LogP contribution >= 0.6 is 0 Å². The Balaban J connectivity index is 4.37. The Labute approximate surface area is 86.3 Å². The van der Waals surface area contributed by atoms with Crippen LogP contribution in [0.3, 0.4) is 0 Å².